The van der Waals surface area contributed by atoms with Gasteiger partial charge in [0.25, 0.3) is 9.05 Å². The van der Waals surface area contributed by atoms with Crippen LogP contribution in [-0.2, 0) is 9.05 Å². The van der Waals surface area contributed by atoms with Crippen molar-refractivity contribution in [2.45, 2.75) is 11.3 Å². The highest BCUT2D eigenvalue weighted by Gasteiger charge is 2.34. The topological polar surface area (TPSA) is 85.5 Å². The maximum absolute atomic E-state index is 11.9. The summed E-state index contributed by atoms with van der Waals surface area (Å²) in [6.07, 6.45) is -4.63. The molecule has 0 spiro atoms. The van der Waals surface area contributed by atoms with Crippen molar-refractivity contribution in [2.24, 2.45) is 0 Å². The molecule has 0 saturated carbocycles. The Morgan fingerprint density at radius 2 is 1.94 bits per heavy atom. The number of halogens is 4. The molecule has 0 aromatic carbocycles. The molecule has 6 nitrogen and oxygen atoms in total. The minimum Gasteiger partial charge on any atom is -0.481 e. The molecule has 1 rings (SSSR count). The molecule has 0 aliphatic carbocycles. The second kappa shape index (κ2) is 4.69. The van der Waals surface area contributed by atoms with Crippen LogP contribution in [0.4, 0.5) is 13.2 Å². The molecular weight excluding hydrogens is 303 g/mol. The first-order chi connectivity index (χ1) is 8.06. The highest BCUT2D eigenvalue weighted by Crippen LogP contribution is 2.25. The highest BCUT2D eigenvalue weighted by molar-refractivity contribution is 8.13. The normalized spacial score (nSPS) is 12.3. The number of ether oxygens (including phenoxy) is 2. The number of pyridine rings is 1. The summed E-state index contributed by atoms with van der Waals surface area (Å²) < 4.78 is 65.8. The molecule has 0 radical (unpaired) electrons. The standard InChI is InChI=1S/C7H5ClF3NO5S/c1-16-6-5(18(8,14)15)4(13)3(2-12-6)17-7(9,10)11/h2H,1H3,(H,12,13). The van der Waals surface area contributed by atoms with Crippen molar-refractivity contribution in [2.75, 3.05) is 7.11 Å². The van der Waals surface area contributed by atoms with Gasteiger partial charge in [-0.1, -0.05) is 0 Å². The Hall–Kier alpha value is -1.42. The molecular formula is C7H5ClF3NO5S. The van der Waals surface area contributed by atoms with Gasteiger partial charge in [0.05, 0.1) is 13.3 Å². The minimum absolute atomic E-state index is 0.514. The Morgan fingerprint density at radius 1 is 1.39 bits per heavy atom. The molecule has 18 heavy (non-hydrogen) atoms. The van der Waals surface area contributed by atoms with Gasteiger partial charge >= 0.3 is 6.36 Å². The first kappa shape index (κ1) is 14.6. The predicted octanol–water partition coefficient (Wildman–Crippen LogP) is 1.21. The fourth-order valence-corrected chi connectivity index (χ4v) is 2.16. The third-order valence-electron chi connectivity index (χ3n) is 1.64. The van der Waals surface area contributed by atoms with E-state index in [1.54, 1.807) is 0 Å². The van der Waals surface area contributed by atoms with Gasteiger partial charge in [0, 0.05) is 10.7 Å². The first-order valence-corrected chi connectivity index (χ1v) is 6.37. The van der Waals surface area contributed by atoms with Crippen molar-refractivity contribution < 1.29 is 31.1 Å². The monoisotopic (exact) mass is 307 g/mol. The zero-order valence-electron chi connectivity index (χ0n) is 8.54. The highest BCUT2D eigenvalue weighted by atomic mass is 35.7. The van der Waals surface area contributed by atoms with Crippen molar-refractivity contribution in [3.63, 3.8) is 0 Å². The van der Waals surface area contributed by atoms with Crippen molar-refractivity contribution in [1.82, 2.24) is 4.98 Å². The van der Waals surface area contributed by atoms with E-state index in [0.717, 1.165) is 7.11 Å². The van der Waals surface area contributed by atoms with E-state index in [0.29, 0.717) is 6.20 Å². The number of nitrogens with one attached hydrogen (secondary N) is 1. The molecule has 0 aliphatic rings. The second-order valence-corrected chi connectivity index (χ2v) is 5.33. The maximum Gasteiger partial charge on any atom is 0.573 e. The van der Waals surface area contributed by atoms with Crippen molar-refractivity contribution in [3.05, 3.63) is 16.4 Å². The Morgan fingerprint density at radius 3 is 2.33 bits per heavy atom. The summed E-state index contributed by atoms with van der Waals surface area (Å²) in [7, 11) is 1.33. The largest absolute Gasteiger partial charge is 0.573 e. The van der Waals surface area contributed by atoms with Gasteiger partial charge in [-0.05, 0) is 0 Å². The smallest absolute Gasteiger partial charge is 0.481 e. The van der Waals surface area contributed by atoms with E-state index in [1.165, 1.54) is 0 Å². The molecule has 1 heterocycles. The van der Waals surface area contributed by atoms with E-state index < -0.39 is 37.4 Å². The molecule has 0 fully saturated rings. The van der Waals surface area contributed by atoms with Gasteiger partial charge in [-0.2, -0.15) is 0 Å². The summed E-state index contributed by atoms with van der Waals surface area (Å²) in [5.41, 5.74) is -1.56. The van der Waals surface area contributed by atoms with E-state index >= 15 is 0 Å². The summed E-state index contributed by atoms with van der Waals surface area (Å²) in [5.74, 6) is -1.85. The Balaban J connectivity index is 3.50. The Bertz CT molecular complexity index is 608. The number of alkyl halides is 3. The lowest BCUT2D eigenvalue weighted by atomic mass is 10.4. The quantitative estimate of drug-likeness (QED) is 0.848. The van der Waals surface area contributed by atoms with E-state index in [1.807, 2.05) is 4.98 Å². The average molecular weight is 308 g/mol. The Kier molecular flexibility index (Phi) is 3.81. The number of rotatable bonds is 3. The molecule has 0 saturated heterocycles. The van der Waals surface area contributed by atoms with E-state index in [4.69, 9.17) is 10.7 Å². The van der Waals surface area contributed by atoms with Crippen LogP contribution in [0.2, 0.25) is 0 Å². The zero-order chi connectivity index (χ0) is 14.1. The van der Waals surface area contributed by atoms with Crippen LogP contribution in [0.3, 0.4) is 0 Å². The molecule has 11 heteroatoms. The molecule has 0 unspecified atom stereocenters. The van der Waals surface area contributed by atoms with Gasteiger partial charge in [0.15, 0.2) is 10.6 Å². The molecule has 0 atom stereocenters. The number of aromatic nitrogens is 1. The summed E-state index contributed by atoms with van der Waals surface area (Å²) in [6.45, 7) is 0. The van der Waals surface area contributed by atoms with Crippen LogP contribution in [-0.4, -0.2) is 26.9 Å². The molecule has 1 aromatic rings. The number of aromatic amines is 1. The molecule has 0 amide bonds. The minimum atomic E-state index is -5.14. The van der Waals surface area contributed by atoms with Gasteiger partial charge in [0.1, 0.15) is 0 Å². The number of H-pyrrole nitrogens is 1. The van der Waals surface area contributed by atoms with Crippen LogP contribution < -0.4 is 14.9 Å². The molecule has 0 bridgehead atoms. The van der Waals surface area contributed by atoms with E-state index in [2.05, 4.69) is 9.47 Å². The summed E-state index contributed by atoms with van der Waals surface area (Å²) in [6, 6.07) is 0. The van der Waals surface area contributed by atoms with Crippen LogP contribution in [0, 0.1) is 0 Å². The SMILES string of the molecule is COc1[nH]cc(OC(F)(F)F)c(=O)c1S(=O)(=O)Cl. The molecule has 0 aliphatic heterocycles. The maximum atomic E-state index is 11.9. The first-order valence-electron chi connectivity index (χ1n) is 4.06. The van der Waals surface area contributed by atoms with Crippen LogP contribution in [0.25, 0.3) is 0 Å². The van der Waals surface area contributed by atoms with Crippen LogP contribution in [0.5, 0.6) is 11.6 Å². The van der Waals surface area contributed by atoms with Gasteiger partial charge < -0.3 is 14.5 Å². The van der Waals surface area contributed by atoms with Gasteiger partial charge in [0.2, 0.25) is 11.3 Å². The van der Waals surface area contributed by atoms with E-state index in [-0.39, 0.29) is 0 Å². The van der Waals surface area contributed by atoms with Gasteiger partial charge in [-0.25, -0.2) is 8.42 Å². The molecule has 1 aromatic heterocycles. The predicted molar refractivity (Wildman–Crippen MR) is 53.3 cm³/mol. The number of hydrogen-bond donors (Lipinski definition) is 1. The van der Waals surface area contributed by atoms with Crippen molar-refractivity contribution in [3.8, 4) is 11.6 Å². The van der Waals surface area contributed by atoms with Gasteiger partial charge in [-0.3, -0.25) is 4.79 Å². The molecule has 102 valence electrons. The number of methoxy groups -OCH3 is 1. The van der Waals surface area contributed by atoms with Gasteiger partial charge in [-0.15, -0.1) is 13.2 Å². The zero-order valence-corrected chi connectivity index (χ0v) is 10.1. The lowest BCUT2D eigenvalue weighted by Gasteiger charge is -2.10. The van der Waals surface area contributed by atoms with Crippen LogP contribution >= 0.6 is 10.7 Å². The summed E-state index contributed by atoms with van der Waals surface area (Å²) >= 11 is 0. The van der Waals surface area contributed by atoms with Crippen molar-refractivity contribution >= 4 is 19.7 Å². The summed E-state index contributed by atoms with van der Waals surface area (Å²) in [5, 5.41) is 0. The van der Waals surface area contributed by atoms with Crippen LogP contribution in [0.15, 0.2) is 15.9 Å². The fraction of sp³-hybridized carbons (Fsp3) is 0.286. The third-order valence-corrected chi connectivity index (χ3v) is 2.97. The fourth-order valence-electron chi connectivity index (χ4n) is 1.05. The number of hydrogen-bond acceptors (Lipinski definition) is 5. The van der Waals surface area contributed by atoms with Crippen LogP contribution in [0.1, 0.15) is 0 Å². The summed E-state index contributed by atoms with van der Waals surface area (Å²) in [4.78, 5) is 12.3. The lowest BCUT2D eigenvalue weighted by Crippen LogP contribution is -2.24. The lowest BCUT2D eigenvalue weighted by molar-refractivity contribution is -0.275. The van der Waals surface area contributed by atoms with Crippen molar-refractivity contribution in [1.29, 1.82) is 0 Å². The average Bonchev–Trinajstić information content (AvgIpc) is 2.16. The third kappa shape index (κ3) is 3.29. The van der Waals surface area contributed by atoms with E-state index in [9.17, 15) is 26.4 Å². The Labute approximate surface area is 103 Å². The second-order valence-electron chi connectivity index (χ2n) is 2.83. The molecule has 1 N–H and O–H groups in total.